The summed E-state index contributed by atoms with van der Waals surface area (Å²) < 4.78 is 1.75. The van der Waals surface area contributed by atoms with Gasteiger partial charge >= 0.3 is 0 Å². The number of aromatic nitrogens is 3. The molecule has 0 atom stereocenters. The van der Waals surface area contributed by atoms with Crippen molar-refractivity contribution in [1.29, 1.82) is 0 Å². The van der Waals surface area contributed by atoms with E-state index in [9.17, 15) is 0 Å². The molecule has 0 aliphatic heterocycles. The molecule has 0 bridgehead atoms. The molecule has 0 amide bonds. The Morgan fingerprint density at radius 2 is 2.04 bits per heavy atom. The molecular weight excluding hydrogens is 403 g/mol. The Kier molecular flexibility index (Phi) is 8.01. The maximum absolute atomic E-state index is 4.22. The zero-order valence-electron chi connectivity index (χ0n) is 14.1. The fourth-order valence-electron chi connectivity index (χ4n) is 2.31. The first kappa shape index (κ1) is 19.4. The lowest BCUT2D eigenvalue weighted by Gasteiger charge is -2.12. The van der Waals surface area contributed by atoms with Crippen LogP contribution in [0, 0.1) is 13.8 Å². The van der Waals surface area contributed by atoms with Crippen molar-refractivity contribution in [3.8, 4) is 0 Å². The van der Waals surface area contributed by atoms with Crippen molar-refractivity contribution in [2.45, 2.75) is 26.8 Å². The van der Waals surface area contributed by atoms with Crippen molar-refractivity contribution in [2.24, 2.45) is 12.0 Å². The Morgan fingerprint density at radius 1 is 1.26 bits per heavy atom. The molecule has 7 heteroatoms. The highest BCUT2D eigenvalue weighted by Gasteiger charge is 2.03. The van der Waals surface area contributed by atoms with E-state index in [-0.39, 0.29) is 24.0 Å². The molecule has 0 spiro atoms. The van der Waals surface area contributed by atoms with Crippen LogP contribution < -0.4 is 10.6 Å². The number of hydrogen-bond donors (Lipinski definition) is 2. The summed E-state index contributed by atoms with van der Waals surface area (Å²) in [5.41, 5.74) is 4.00. The van der Waals surface area contributed by atoms with Gasteiger partial charge in [-0.2, -0.15) is 5.10 Å². The van der Waals surface area contributed by atoms with E-state index in [1.165, 1.54) is 16.7 Å². The Bertz CT molecular complexity index is 650. The van der Waals surface area contributed by atoms with Crippen LogP contribution >= 0.6 is 24.0 Å². The average Bonchev–Trinajstić information content (AvgIpc) is 2.90. The van der Waals surface area contributed by atoms with Gasteiger partial charge in [0.15, 0.2) is 5.96 Å². The predicted octanol–water partition coefficient (Wildman–Crippen LogP) is 1.96. The molecule has 2 rings (SSSR count). The molecule has 23 heavy (non-hydrogen) atoms. The summed E-state index contributed by atoms with van der Waals surface area (Å²) in [6, 6.07) is 6.57. The van der Waals surface area contributed by atoms with Gasteiger partial charge in [-0.25, -0.2) is 4.98 Å². The molecule has 0 aliphatic rings. The lowest BCUT2D eigenvalue weighted by molar-refractivity contribution is 0.672. The third-order valence-electron chi connectivity index (χ3n) is 3.63. The van der Waals surface area contributed by atoms with E-state index >= 15 is 0 Å². The van der Waals surface area contributed by atoms with E-state index in [4.69, 9.17) is 0 Å². The van der Waals surface area contributed by atoms with Gasteiger partial charge < -0.3 is 10.6 Å². The molecule has 2 aromatic rings. The summed E-state index contributed by atoms with van der Waals surface area (Å²) in [6.45, 7) is 5.71. The molecular formula is C16H25IN6. The Balaban J connectivity index is 0.00000264. The molecule has 0 aliphatic carbocycles. The highest BCUT2D eigenvalue weighted by molar-refractivity contribution is 14.0. The van der Waals surface area contributed by atoms with Crippen LogP contribution in [0.3, 0.4) is 0 Å². The van der Waals surface area contributed by atoms with Crippen molar-refractivity contribution in [3.05, 3.63) is 47.0 Å². The van der Waals surface area contributed by atoms with Gasteiger partial charge in [0.2, 0.25) is 0 Å². The first-order valence-electron chi connectivity index (χ1n) is 7.43. The molecule has 0 radical (unpaired) electrons. The van der Waals surface area contributed by atoms with Crippen LogP contribution in [0.25, 0.3) is 0 Å². The van der Waals surface area contributed by atoms with Crippen molar-refractivity contribution >= 4 is 29.9 Å². The topological polar surface area (TPSA) is 67.1 Å². The SMILES string of the molecule is CN=C(NCCc1ccc(C)cc1C)NCc1ncnn1C.I. The minimum atomic E-state index is 0. The van der Waals surface area contributed by atoms with E-state index < -0.39 is 0 Å². The van der Waals surface area contributed by atoms with Gasteiger partial charge in [0.1, 0.15) is 12.2 Å². The zero-order valence-corrected chi connectivity index (χ0v) is 16.5. The summed E-state index contributed by atoms with van der Waals surface area (Å²) in [5, 5.41) is 10.6. The number of rotatable bonds is 5. The molecule has 0 saturated carbocycles. The number of halogens is 1. The molecule has 0 fully saturated rings. The Morgan fingerprint density at radius 3 is 2.65 bits per heavy atom. The van der Waals surface area contributed by atoms with Gasteiger partial charge in [0.05, 0.1) is 6.54 Å². The number of nitrogens with zero attached hydrogens (tertiary/aromatic N) is 4. The largest absolute Gasteiger partial charge is 0.356 e. The lowest BCUT2D eigenvalue weighted by Crippen LogP contribution is -2.38. The quantitative estimate of drug-likeness (QED) is 0.434. The Labute approximate surface area is 154 Å². The number of hydrogen-bond acceptors (Lipinski definition) is 3. The summed E-state index contributed by atoms with van der Waals surface area (Å²) >= 11 is 0. The zero-order chi connectivity index (χ0) is 15.9. The van der Waals surface area contributed by atoms with Crippen LogP contribution in [0.5, 0.6) is 0 Å². The fraction of sp³-hybridized carbons (Fsp3) is 0.438. The first-order valence-corrected chi connectivity index (χ1v) is 7.43. The summed E-state index contributed by atoms with van der Waals surface area (Å²) in [6.07, 6.45) is 2.52. The van der Waals surface area contributed by atoms with E-state index in [0.717, 1.165) is 24.7 Å². The standard InChI is InChI=1S/C16H24N6.HI/c1-12-5-6-14(13(2)9-12)7-8-18-16(17-3)19-10-15-20-11-21-22(15)4;/h5-6,9,11H,7-8,10H2,1-4H3,(H2,17,18,19);1H. The lowest BCUT2D eigenvalue weighted by atomic mass is 10.0. The summed E-state index contributed by atoms with van der Waals surface area (Å²) in [4.78, 5) is 8.40. The smallest absolute Gasteiger partial charge is 0.191 e. The Hall–Kier alpha value is -1.64. The van der Waals surface area contributed by atoms with Crippen molar-refractivity contribution in [3.63, 3.8) is 0 Å². The molecule has 1 heterocycles. The molecule has 1 aromatic heterocycles. The van der Waals surface area contributed by atoms with Crippen LogP contribution in [0.1, 0.15) is 22.5 Å². The van der Waals surface area contributed by atoms with Crippen LogP contribution in [0.4, 0.5) is 0 Å². The monoisotopic (exact) mass is 428 g/mol. The number of guanidine groups is 1. The maximum Gasteiger partial charge on any atom is 0.191 e. The minimum absolute atomic E-state index is 0. The van der Waals surface area contributed by atoms with Gasteiger partial charge in [-0.3, -0.25) is 9.67 Å². The fourth-order valence-corrected chi connectivity index (χ4v) is 2.31. The number of aryl methyl sites for hydroxylation is 3. The van der Waals surface area contributed by atoms with Crippen LogP contribution in [0.2, 0.25) is 0 Å². The second-order valence-electron chi connectivity index (χ2n) is 5.33. The number of aliphatic imine (C=N–C) groups is 1. The third kappa shape index (κ3) is 5.81. The van der Waals surface area contributed by atoms with Gasteiger partial charge in [0.25, 0.3) is 0 Å². The molecule has 2 N–H and O–H groups in total. The molecule has 126 valence electrons. The van der Waals surface area contributed by atoms with E-state index in [0.29, 0.717) is 6.54 Å². The highest BCUT2D eigenvalue weighted by atomic mass is 127. The predicted molar refractivity (Wildman–Crippen MR) is 104 cm³/mol. The van der Waals surface area contributed by atoms with Gasteiger partial charge in [-0.15, -0.1) is 24.0 Å². The molecule has 6 nitrogen and oxygen atoms in total. The normalized spacial score (nSPS) is 11.0. The average molecular weight is 428 g/mol. The van der Waals surface area contributed by atoms with E-state index in [2.05, 4.69) is 57.8 Å². The summed E-state index contributed by atoms with van der Waals surface area (Å²) in [7, 11) is 3.64. The van der Waals surface area contributed by atoms with Crippen molar-refractivity contribution < 1.29 is 0 Å². The number of nitrogens with one attached hydrogen (secondary N) is 2. The van der Waals surface area contributed by atoms with Gasteiger partial charge in [-0.05, 0) is 31.4 Å². The first-order chi connectivity index (χ1) is 10.6. The second-order valence-corrected chi connectivity index (χ2v) is 5.33. The maximum atomic E-state index is 4.22. The van der Waals surface area contributed by atoms with Gasteiger partial charge in [-0.1, -0.05) is 23.8 Å². The summed E-state index contributed by atoms with van der Waals surface area (Å²) in [5.74, 6) is 1.64. The van der Waals surface area contributed by atoms with E-state index in [1.807, 2.05) is 7.05 Å². The third-order valence-corrected chi connectivity index (χ3v) is 3.63. The van der Waals surface area contributed by atoms with Crippen molar-refractivity contribution in [1.82, 2.24) is 25.4 Å². The van der Waals surface area contributed by atoms with Crippen molar-refractivity contribution in [2.75, 3.05) is 13.6 Å². The van der Waals surface area contributed by atoms with Gasteiger partial charge in [0, 0.05) is 20.6 Å². The molecule has 0 saturated heterocycles. The van der Waals surface area contributed by atoms with E-state index in [1.54, 1.807) is 18.1 Å². The van der Waals surface area contributed by atoms with Crippen LogP contribution in [0.15, 0.2) is 29.5 Å². The number of benzene rings is 1. The highest BCUT2D eigenvalue weighted by Crippen LogP contribution is 2.10. The van der Waals surface area contributed by atoms with Crippen LogP contribution in [-0.4, -0.2) is 34.3 Å². The van der Waals surface area contributed by atoms with Crippen LogP contribution in [-0.2, 0) is 20.0 Å². The molecule has 0 unspecified atom stereocenters. The minimum Gasteiger partial charge on any atom is -0.356 e. The second kappa shape index (κ2) is 9.49. The molecule has 1 aromatic carbocycles.